The first-order valence-electron chi connectivity index (χ1n) is 5.29. The van der Waals surface area contributed by atoms with E-state index in [1.54, 1.807) is 0 Å². The van der Waals surface area contributed by atoms with Gasteiger partial charge in [0, 0.05) is 6.54 Å². The molecule has 2 fully saturated rings. The zero-order chi connectivity index (χ0) is 8.39. The van der Waals surface area contributed by atoms with Crippen molar-refractivity contribution in [1.82, 2.24) is 10.2 Å². The van der Waals surface area contributed by atoms with Crippen molar-refractivity contribution in [3.05, 3.63) is 0 Å². The molecule has 2 aliphatic rings. The van der Waals surface area contributed by atoms with Crippen molar-refractivity contribution >= 4 is 0 Å². The van der Waals surface area contributed by atoms with Crippen molar-refractivity contribution < 1.29 is 0 Å². The number of likely N-dealkylation sites (tertiary alicyclic amines) is 1. The maximum absolute atomic E-state index is 3.46. The first kappa shape index (κ1) is 8.52. The normalized spacial score (nSPS) is 37.8. The smallest absolute Gasteiger partial charge is 0.00132 e. The third-order valence-corrected chi connectivity index (χ3v) is 3.40. The standard InChI is InChI=1S/C10H20N2/c1-9-7-11-4-3-10(9)8-12-5-2-6-12/h9-11H,2-8H2,1H3. The van der Waals surface area contributed by atoms with Gasteiger partial charge >= 0.3 is 0 Å². The lowest BCUT2D eigenvalue weighted by Crippen LogP contribution is -2.45. The summed E-state index contributed by atoms with van der Waals surface area (Å²) in [6, 6.07) is 0. The van der Waals surface area contributed by atoms with Crippen LogP contribution in [0.15, 0.2) is 0 Å². The van der Waals surface area contributed by atoms with E-state index in [0.717, 1.165) is 11.8 Å². The Balaban J connectivity index is 1.76. The van der Waals surface area contributed by atoms with Crippen LogP contribution in [0, 0.1) is 11.8 Å². The summed E-state index contributed by atoms with van der Waals surface area (Å²) in [6.45, 7) is 8.94. The Morgan fingerprint density at radius 1 is 1.42 bits per heavy atom. The molecule has 0 aromatic heterocycles. The molecule has 0 saturated carbocycles. The zero-order valence-corrected chi connectivity index (χ0v) is 8.05. The molecular formula is C10H20N2. The van der Waals surface area contributed by atoms with E-state index in [4.69, 9.17) is 0 Å². The summed E-state index contributed by atoms with van der Waals surface area (Å²) >= 11 is 0. The van der Waals surface area contributed by atoms with Gasteiger partial charge in [-0.3, -0.25) is 0 Å². The van der Waals surface area contributed by atoms with Gasteiger partial charge in [0.1, 0.15) is 0 Å². The summed E-state index contributed by atoms with van der Waals surface area (Å²) in [5, 5.41) is 3.46. The molecule has 0 amide bonds. The van der Waals surface area contributed by atoms with Crippen LogP contribution >= 0.6 is 0 Å². The fourth-order valence-electron chi connectivity index (χ4n) is 2.24. The lowest BCUT2D eigenvalue weighted by atomic mass is 9.87. The predicted molar refractivity (Wildman–Crippen MR) is 51.2 cm³/mol. The Hall–Kier alpha value is -0.0800. The largest absolute Gasteiger partial charge is 0.316 e. The lowest BCUT2D eigenvalue weighted by molar-refractivity contribution is 0.116. The molecular weight excluding hydrogens is 148 g/mol. The molecule has 0 radical (unpaired) electrons. The number of nitrogens with zero attached hydrogens (tertiary/aromatic N) is 1. The van der Waals surface area contributed by atoms with Crippen molar-refractivity contribution in [3.8, 4) is 0 Å². The fraction of sp³-hybridized carbons (Fsp3) is 1.00. The highest BCUT2D eigenvalue weighted by molar-refractivity contribution is 4.80. The van der Waals surface area contributed by atoms with Crippen molar-refractivity contribution in [1.29, 1.82) is 0 Å². The molecule has 2 unspecified atom stereocenters. The second-order valence-electron chi connectivity index (χ2n) is 4.38. The Kier molecular flexibility index (Phi) is 2.66. The van der Waals surface area contributed by atoms with Crippen LogP contribution in [-0.4, -0.2) is 37.6 Å². The van der Waals surface area contributed by atoms with Crippen LogP contribution in [0.25, 0.3) is 0 Å². The topological polar surface area (TPSA) is 15.3 Å². The summed E-state index contributed by atoms with van der Waals surface area (Å²) < 4.78 is 0. The average Bonchev–Trinajstić information content (AvgIpc) is 2.00. The van der Waals surface area contributed by atoms with E-state index in [-0.39, 0.29) is 0 Å². The molecule has 2 rings (SSSR count). The van der Waals surface area contributed by atoms with Crippen molar-refractivity contribution in [2.75, 3.05) is 32.7 Å². The van der Waals surface area contributed by atoms with Crippen LogP contribution in [0.1, 0.15) is 19.8 Å². The third-order valence-electron chi connectivity index (χ3n) is 3.40. The number of hydrogen-bond acceptors (Lipinski definition) is 2. The number of nitrogens with one attached hydrogen (secondary N) is 1. The minimum Gasteiger partial charge on any atom is -0.316 e. The molecule has 2 heterocycles. The molecule has 2 atom stereocenters. The highest BCUT2D eigenvalue weighted by Crippen LogP contribution is 2.21. The van der Waals surface area contributed by atoms with Crippen LogP contribution in [0.5, 0.6) is 0 Å². The third kappa shape index (κ3) is 1.80. The molecule has 2 aliphatic heterocycles. The molecule has 2 heteroatoms. The van der Waals surface area contributed by atoms with Gasteiger partial charge in [0.05, 0.1) is 0 Å². The van der Waals surface area contributed by atoms with Gasteiger partial charge in [-0.15, -0.1) is 0 Å². The Bertz CT molecular complexity index is 143. The van der Waals surface area contributed by atoms with E-state index in [1.807, 2.05) is 0 Å². The van der Waals surface area contributed by atoms with Gasteiger partial charge in [-0.2, -0.15) is 0 Å². The molecule has 0 aromatic rings. The maximum atomic E-state index is 3.46. The van der Waals surface area contributed by atoms with Gasteiger partial charge in [0.2, 0.25) is 0 Å². The first-order valence-corrected chi connectivity index (χ1v) is 5.29. The van der Waals surface area contributed by atoms with Crippen LogP contribution in [0.4, 0.5) is 0 Å². The molecule has 2 saturated heterocycles. The van der Waals surface area contributed by atoms with E-state index >= 15 is 0 Å². The number of hydrogen-bond donors (Lipinski definition) is 1. The predicted octanol–water partition coefficient (Wildman–Crippen LogP) is 0.938. The SMILES string of the molecule is CC1CNCCC1CN1CCC1. The van der Waals surface area contributed by atoms with E-state index in [9.17, 15) is 0 Å². The summed E-state index contributed by atoms with van der Waals surface area (Å²) in [4.78, 5) is 2.60. The Labute approximate surface area is 75.3 Å². The molecule has 12 heavy (non-hydrogen) atoms. The molecule has 0 bridgehead atoms. The molecule has 0 spiro atoms. The fourth-order valence-corrected chi connectivity index (χ4v) is 2.24. The average molecular weight is 168 g/mol. The second-order valence-corrected chi connectivity index (χ2v) is 4.38. The summed E-state index contributed by atoms with van der Waals surface area (Å²) in [5.74, 6) is 1.85. The lowest BCUT2D eigenvalue weighted by Gasteiger charge is -2.38. The highest BCUT2D eigenvalue weighted by atomic mass is 15.2. The monoisotopic (exact) mass is 168 g/mol. The summed E-state index contributed by atoms with van der Waals surface area (Å²) in [6.07, 6.45) is 2.82. The minimum absolute atomic E-state index is 0.888. The van der Waals surface area contributed by atoms with Crippen molar-refractivity contribution in [2.24, 2.45) is 11.8 Å². The highest BCUT2D eigenvalue weighted by Gasteiger charge is 2.25. The maximum Gasteiger partial charge on any atom is 0.00132 e. The minimum atomic E-state index is 0.888. The van der Waals surface area contributed by atoms with E-state index in [1.165, 1.54) is 45.6 Å². The molecule has 70 valence electrons. The van der Waals surface area contributed by atoms with Gasteiger partial charge in [-0.1, -0.05) is 6.92 Å². The summed E-state index contributed by atoms with van der Waals surface area (Å²) in [7, 11) is 0. The first-order chi connectivity index (χ1) is 5.86. The van der Waals surface area contributed by atoms with Gasteiger partial charge in [0.15, 0.2) is 0 Å². The second kappa shape index (κ2) is 3.75. The molecule has 1 N–H and O–H groups in total. The van der Waals surface area contributed by atoms with Crippen LogP contribution in [-0.2, 0) is 0 Å². The van der Waals surface area contributed by atoms with E-state index in [0.29, 0.717) is 0 Å². The zero-order valence-electron chi connectivity index (χ0n) is 8.05. The number of piperidine rings is 1. The van der Waals surface area contributed by atoms with Gasteiger partial charge < -0.3 is 10.2 Å². The quantitative estimate of drug-likeness (QED) is 0.660. The Morgan fingerprint density at radius 2 is 2.25 bits per heavy atom. The van der Waals surface area contributed by atoms with Crippen LogP contribution in [0.2, 0.25) is 0 Å². The van der Waals surface area contributed by atoms with Gasteiger partial charge in [0.25, 0.3) is 0 Å². The summed E-state index contributed by atoms with van der Waals surface area (Å²) in [5.41, 5.74) is 0. The van der Waals surface area contributed by atoms with E-state index < -0.39 is 0 Å². The van der Waals surface area contributed by atoms with E-state index in [2.05, 4.69) is 17.1 Å². The van der Waals surface area contributed by atoms with Crippen LogP contribution < -0.4 is 5.32 Å². The molecule has 0 aliphatic carbocycles. The van der Waals surface area contributed by atoms with Crippen LogP contribution in [0.3, 0.4) is 0 Å². The van der Waals surface area contributed by atoms with Gasteiger partial charge in [-0.05, 0) is 50.9 Å². The number of rotatable bonds is 2. The van der Waals surface area contributed by atoms with Crippen molar-refractivity contribution in [2.45, 2.75) is 19.8 Å². The Morgan fingerprint density at radius 3 is 2.83 bits per heavy atom. The van der Waals surface area contributed by atoms with Crippen molar-refractivity contribution in [3.63, 3.8) is 0 Å². The molecule has 2 nitrogen and oxygen atoms in total. The molecule has 0 aromatic carbocycles. The van der Waals surface area contributed by atoms with Gasteiger partial charge in [-0.25, -0.2) is 0 Å².